The van der Waals surface area contributed by atoms with Gasteiger partial charge < -0.3 is 20.6 Å². The second kappa shape index (κ2) is 8.41. The zero-order chi connectivity index (χ0) is 18.6. The standard InChI is InChI=1S/C19H27N3O3S/c1-19(25)7-3-6-16(19)20-13-17(23)21-15-5-2-4-14(12-15)18(24)22-8-10-26-11-9-22/h2,4-5,12,16,20,25H,3,6-11,13H2,1H3,(H,21,23). The van der Waals surface area contributed by atoms with Crippen molar-refractivity contribution in [3.05, 3.63) is 29.8 Å². The van der Waals surface area contributed by atoms with E-state index in [0.29, 0.717) is 11.3 Å². The van der Waals surface area contributed by atoms with E-state index >= 15 is 0 Å². The molecule has 2 aliphatic rings. The van der Waals surface area contributed by atoms with Crippen molar-refractivity contribution in [3.8, 4) is 0 Å². The van der Waals surface area contributed by atoms with Crippen LogP contribution in [0.25, 0.3) is 0 Å². The normalized spacial score (nSPS) is 25.9. The lowest BCUT2D eigenvalue weighted by atomic mass is 10.0. The second-order valence-corrected chi connectivity index (χ2v) is 8.44. The number of hydrogen-bond acceptors (Lipinski definition) is 5. The molecular formula is C19H27N3O3S. The van der Waals surface area contributed by atoms with Gasteiger partial charge in [-0.3, -0.25) is 9.59 Å². The van der Waals surface area contributed by atoms with E-state index in [2.05, 4.69) is 10.6 Å². The van der Waals surface area contributed by atoms with Crippen LogP contribution in [0.5, 0.6) is 0 Å². The van der Waals surface area contributed by atoms with Gasteiger partial charge in [-0.15, -0.1) is 0 Å². The third kappa shape index (κ3) is 4.78. The molecular weight excluding hydrogens is 350 g/mol. The summed E-state index contributed by atoms with van der Waals surface area (Å²) in [6.45, 7) is 3.49. The summed E-state index contributed by atoms with van der Waals surface area (Å²) in [6.07, 6.45) is 2.59. The van der Waals surface area contributed by atoms with Gasteiger partial charge in [0.15, 0.2) is 0 Å². The molecule has 2 fully saturated rings. The third-order valence-corrected chi connectivity index (χ3v) is 6.07. The summed E-state index contributed by atoms with van der Waals surface area (Å²) in [5, 5.41) is 16.2. The van der Waals surface area contributed by atoms with Gasteiger partial charge in [0, 0.05) is 41.9 Å². The molecule has 0 bridgehead atoms. The lowest BCUT2D eigenvalue weighted by molar-refractivity contribution is -0.115. The number of carbonyl (C=O) groups excluding carboxylic acids is 2. The van der Waals surface area contributed by atoms with E-state index in [0.717, 1.165) is 43.9 Å². The molecule has 1 heterocycles. The molecule has 0 spiro atoms. The van der Waals surface area contributed by atoms with Crippen LogP contribution >= 0.6 is 11.8 Å². The van der Waals surface area contributed by atoms with E-state index in [1.807, 2.05) is 23.6 Å². The van der Waals surface area contributed by atoms with Gasteiger partial charge in [0.2, 0.25) is 5.91 Å². The number of benzene rings is 1. The first-order valence-corrected chi connectivity index (χ1v) is 10.3. The smallest absolute Gasteiger partial charge is 0.253 e. The lowest BCUT2D eigenvalue weighted by Gasteiger charge is -2.26. The molecule has 26 heavy (non-hydrogen) atoms. The van der Waals surface area contributed by atoms with Gasteiger partial charge in [0.05, 0.1) is 12.1 Å². The van der Waals surface area contributed by atoms with Crippen LogP contribution in [-0.4, -0.2) is 64.6 Å². The fourth-order valence-electron chi connectivity index (χ4n) is 3.57. The number of anilines is 1. The maximum Gasteiger partial charge on any atom is 0.253 e. The number of carbonyl (C=O) groups is 2. The highest BCUT2D eigenvalue weighted by atomic mass is 32.2. The quantitative estimate of drug-likeness (QED) is 0.728. The number of rotatable bonds is 5. The van der Waals surface area contributed by atoms with E-state index in [4.69, 9.17) is 0 Å². The monoisotopic (exact) mass is 377 g/mol. The summed E-state index contributed by atoms with van der Waals surface area (Å²) in [7, 11) is 0. The van der Waals surface area contributed by atoms with Crippen molar-refractivity contribution in [1.82, 2.24) is 10.2 Å². The molecule has 1 aromatic carbocycles. The minimum atomic E-state index is -0.751. The van der Waals surface area contributed by atoms with Crippen molar-refractivity contribution in [2.24, 2.45) is 0 Å². The first-order chi connectivity index (χ1) is 12.5. The first-order valence-electron chi connectivity index (χ1n) is 9.18. The SMILES string of the molecule is CC1(O)CCCC1NCC(=O)Nc1cccc(C(=O)N2CCSCC2)c1. The first kappa shape index (κ1) is 19.2. The molecule has 1 saturated heterocycles. The minimum Gasteiger partial charge on any atom is -0.389 e. The molecule has 7 heteroatoms. The van der Waals surface area contributed by atoms with Gasteiger partial charge in [0.1, 0.15) is 0 Å². The third-order valence-electron chi connectivity index (χ3n) is 5.13. The molecule has 0 aromatic heterocycles. The predicted octanol–water partition coefficient (Wildman–Crippen LogP) is 1.71. The molecule has 6 nitrogen and oxygen atoms in total. The lowest BCUT2D eigenvalue weighted by Crippen LogP contribution is -2.47. The fourth-order valence-corrected chi connectivity index (χ4v) is 4.47. The van der Waals surface area contributed by atoms with Crippen molar-refractivity contribution in [3.63, 3.8) is 0 Å². The van der Waals surface area contributed by atoms with Crippen LogP contribution < -0.4 is 10.6 Å². The Hall–Kier alpha value is -1.57. The Labute approximate surface area is 158 Å². The Morgan fingerprint density at radius 2 is 2.12 bits per heavy atom. The van der Waals surface area contributed by atoms with Crippen molar-refractivity contribution in [2.45, 2.75) is 37.8 Å². The molecule has 1 saturated carbocycles. The highest BCUT2D eigenvalue weighted by Crippen LogP contribution is 2.29. The van der Waals surface area contributed by atoms with Gasteiger partial charge in [-0.2, -0.15) is 11.8 Å². The Balaban J connectivity index is 1.54. The molecule has 2 unspecified atom stereocenters. The van der Waals surface area contributed by atoms with Crippen LogP contribution in [0.3, 0.4) is 0 Å². The van der Waals surface area contributed by atoms with E-state index < -0.39 is 5.60 Å². The summed E-state index contributed by atoms with van der Waals surface area (Å²) in [5.74, 6) is 1.78. The van der Waals surface area contributed by atoms with Crippen molar-refractivity contribution < 1.29 is 14.7 Å². The predicted molar refractivity (Wildman–Crippen MR) is 105 cm³/mol. The topological polar surface area (TPSA) is 81.7 Å². The maximum atomic E-state index is 12.6. The number of hydrogen-bond donors (Lipinski definition) is 3. The van der Waals surface area contributed by atoms with E-state index in [-0.39, 0.29) is 24.4 Å². The van der Waals surface area contributed by atoms with Crippen molar-refractivity contribution in [2.75, 3.05) is 36.5 Å². The van der Waals surface area contributed by atoms with Gasteiger partial charge in [-0.25, -0.2) is 0 Å². The molecule has 3 N–H and O–H groups in total. The Morgan fingerprint density at radius 3 is 2.81 bits per heavy atom. The average Bonchev–Trinajstić information content (AvgIpc) is 2.98. The van der Waals surface area contributed by atoms with Crippen LogP contribution in [0.1, 0.15) is 36.5 Å². The molecule has 1 aliphatic carbocycles. The van der Waals surface area contributed by atoms with Gasteiger partial charge >= 0.3 is 0 Å². The van der Waals surface area contributed by atoms with Crippen LogP contribution in [0, 0.1) is 0 Å². The average molecular weight is 378 g/mol. The van der Waals surface area contributed by atoms with Gasteiger partial charge in [0.25, 0.3) is 5.91 Å². The van der Waals surface area contributed by atoms with Crippen LogP contribution in [0.2, 0.25) is 0 Å². The van der Waals surface area contributed by atoms with Crippen LogP contribution in [0.4, 0.5) is 5.69 Å². The number of thioether (sulfide) groups is 1. The van der Waals surface area contributed by atoms with Crippen LogP contribution in [0.15, 0.2) is 24.3 Å². The minimum absolute atomic E-state index is 0.0153. The molecule has 2 atom stereocenters. The van der Waals surface area contributed by atoms with Gasteiger partial charge in [-0.05, 0) is 44.4 Å². The largest absolute Gasteiger partial charge is 0.389 e. The van der Waals surface area contributed by atoms with E-state index in [1.165, 1.54) is 0 Å². The van der Waals surface area contributed by atoms with Crippen molar-refractivity contribution in [1.29, 1.82) is 0 Å². The Kier molecular flexibility index (Phi) is 6.21. The number of nitrogens with one attached hydrogen (secondary N) is 2. The summed E-state index contributed by atoms with van der Waals surface area (Å²) in [4.78, 5) is 26.6. The summed E-state index contributed by atoms with van der Waals surface area (Å²) in [6, 6.07) is 7.03. The molecule has 1 aromatic rings. The Bertz CT molecular complexity index is 659. The highest BCUT2D eigenvalue weighted by molar-refractivity contribution is 7.99. The molecule has 3 rings (SSSR count). The Morgan fingerprint density at radius 1 is 1.35 bits per heavy atom. The second-order valence-electron chi connectivity index (χ2n) is 7.22. The van der Waals surface area contributed by atoms with Crippen LogP contribution in [-0.2, 0) is 4.79 Å². The number of amides is 2. The molecule has 1 aliphatic heterocycles. The van der Waals surface area contributed by atoms with E-state index in [9.17, 15) is 14.7 Å². The highest BCUT2D eigenvalue weighted by Gasteiger charge is 2.36. The van der Waals surface area contributed by atoms with E-state index in [1.54, 1.807) is 24.3 Å². The molecule has 0 radical (unpaired) electrons. The summed E-state index contributed by atoms with van der Waals surface area (Å²) in [5.41, 5.74) is 0.466. The molecule has 142 valence electrons. The van der Waals surface area contributed by atoms with Crippen molar-refractivity contribution >= 4 is 29.3 Å². The summed E-state index contributed by atoms with van der Waals surface area (Å²) >= 11 is 1.86. The number of nitrogens with zero attached hydrogens (tertiary/aromatic N) is 1. The number of aliphatic hydroxyl groups is 1. The van der Waals surface area contributed by atoms with Gasteiger partial charge in [-0.1, -0.05) is 6.07 Å². The zero-order valence-corrected chi connectivity index (χ0v) is 16.0. The fraction of sp³-hybridized carbons (Fsp3) is 0.579. The maximum absolute atomic E-state index is 12.6. The zero-order valence-electron chi connectivity index (χ0n) is 15.2. The summed E-state index contributed by atoms with van der Waals surface area (Å²) < 4.78 is 0. The molecule has 2 amide bonds.